The van der Waals surface area contributed by atoms with Crippen molar-refractivity contribution in [1.82, 2.24) is 9.97 Å². The van der Waals surface area contributed by atoms with Gasteiger partial charge >= 0.3 is 0 Å². The van der Waals surface area contributed by atoms with E-state index in [0.717, 1.165) is 11.1 Å². The summed E-state index contributed by atoms with van der Waals surface area (Å²) in [6.07, 6.45) is -0.229. The second-order valence-corrected chi connectivity index (χ2v) is 7.41. The average Bonchev–Trinajstić information content (AvgIpc) is 3.11. The number of fused-ring (bicyclic) bond motifs is 2. The molecule has 5 rings (SSSR count). The Kier molecular flexibility index (Phi) is 4.19. The summed E-state index contributed by atoms with van der Waals surface area (Å²) in [4.78, 5) is 24.9. The van der Waals surface area contributed by atoms with E-state index >= 15 is 0 Å². The molecule has 0 spiro atoms. The van der Waals surface area contributed by atoms with Crippen LogP contribution in [0.1, 0.15) is 6.42 Å². The van der Waals surface area contributed by atoms with Gasteiger partial charge in [0.05, 0.1) is 30.5 Å². The van der Waals surface area contributed by atoms with Gasteiger partial charge in [0.15, 0.2) is 0 Å². The highest BCUT2D eigenvalue weighted by Gasteiger charge is 2.39. The van der Waals surface area contributed by atoms with E-state index in [0.29, 0.717) is 22.8 Å². The number of nitrogens with one attached hydrogen (secondary N) is 1. The van der Waals surface area contributed by atoms with Crippen LogP contribution in [0.4, 0.5) is 31.9 Å². The fraction of sp³-hybridized carbons (Fsp3) is 0.286. The van der Waals surface area contributed by atoms with Crippen LogP contribution in [-0.4, -0.2) is 48.5 Å². The molecule has 1 fully saturated rings. The Balaban J connectivity index is 1.66. The fourth-order valence-corrected chi connectivity index (χ4v) is 3.89. The molecule has 0 atom stereocenters. The van der Waals surface area contributed by atoms with Crippen LogP contribution in [0.25, 0.3) is 10.9 Å². The maximum Gasteiger partial charge on any atom is 0.267 e. The highest BCUT2D eigenvalue weighted by molar-refractivity contribution is 6.06. The SMILES string of the molecule is COc1ccc2c(c1)NC(=O)CN2c1nc(N2CCC(F)(F)C2)nc2ccccc12. The number of para-hydroxylation sites is 1. The normalized spacial score (nSPS) is 17.8. The Morgan fingerprint density at radius 1 is 1.17 bits per heavy atom. The first-order valence-electron chi connectivity index (χ1n) is 9.58. The molecule has 9 heteroatoms. The minimum absolute atomic E-state index is 0.0515. The number of nitrogens with zero attached hydrogens (tertiary/aromatic N) is 4. The summed E-state index contributed by atoms with van der Waals surface area (Å²) in [6, 6.07) is 12.8. The largest absolute Gasteiger partial charge is 0.497 e. The van der Waals surface area contributed by atoms with Crippen LogP contribution in [0, 0.1) is 0 Å². The molecule has 0 radical (unpaired) electrons. The minimum atomic E-state index is -2.76. The van der Waals surface area contributed by atoms with Crippen molar-refractivity contribution >= 4 is 40.0 Å². The first kappa shape index (κ1) is 18.5. The van der Waals surface area contributed by atoms with Crippen LogP contribution in [-0.2, 0) is 4.79 Å². The lowest BCUT2D eigenvalue weighted by Crippen LogP contribution is -2.36. The van der Waals surface area contributed by atoms with Crippen LogP contribution in [0.3, 0.4) is 0 Å². The number of methoxy groups -OCH3 is 1. The summed E-state index contributed by atoms with van der Waals surface area (Å²) in [6.45, 7) is -0.186. The third-order valence-electron chi connectivity index (χ3n) is 5.35. The van der Waals surface area contributed by atoms with Gasteiger partial charge < -0.3 is 19.9 Å². The van der Waals surface area contributed by atoms with Crippen molar-refractivity contribution in [3.05, 3.63) is 42.5 Å². The second-order valence-electron chi connectivity index (χ2n) is 7.41. The minimum Gasteiger partial charge on any atom is -0.497 e. The van der Waals surface area contributed by atoms with Crippen LogP contribution >= 0.6 is 0 Å². The molecule has 1 saturated heterocycles. The monoisotopic (exact) mass is 411 g/mol. The maximum atomic E-state index is 13.8. The predicted molar refractivity (Wildman–Crippen MR) is 110 cm³/mol. The van der Waals surface area contributed by atoms with Crippen molar-refractivity contribution in [2.24, 2.45) is 0 Å². The van der Waals surface area contributed by atoms with Crippen molar-refractivity contribution in [3.63, 3.8) is 0 Å². The van der Waals surface area contributed by atoms with Gasteiger partial charge in [0.25, 0.3) is 5.92 Å². The van der Waals surface area contributed by atoms with Crippen LogP contribution in [0.15, 0.2) is 42.5 Å². The van der Waals surface area contributed by atoms with E-state index < -0.39 is 12.5 Å². The van der Waals surface area contributed by atoms with E-state index in [2.05, 4.69) is 15.3 Å². The van der Waals surface area contributed by atoms with Gasteiger partial charge in [0.1, 0.15) is 18.1 Å². The number of aromatic nitrogens is 2. The molecule has 2 aliphatic heterocycles. The Morgan fingerprint density at radius 2 is 2.00 bits per heavy atom. The lowest BCUT2D eigenvalue weighted by atomic mass is 10.1. The fourth-order valence-electron chi connectivity index (χ4n) is 3.89. The molecular weight excluding hydrogens is 392 g/mol. The van der Waals surface area contributed by atoms with Crippen molar-refractivity contribution in [2.75, 3.05) is 41.9 Å². The van der Waals surface area contributed by atoms with E-state index in [1.807, 2.05) is 30.3 Å². The molecule has 0 aliphatic carbocycles. The first-order chi connectivity index (χ1) is 14.4. The molecule has 1 aromatic heterocycles. The quantitative estimate of drug-likeness (QED) is 0.711. The predicted octanol–water partition coefficient (Wildman–Crippen LogP) is 3.57. The molecule has 1 N–H and O–H groups in total. The molecule has 154 valence electrons. The average molecular weight is 411 g/mol. The lowest BCUT2D eigenvalue weighted by molar-refractivity contribution is -0.115. The van der Waals surface area contributed by atoms with Crippen molar-refractivity contribution in [3.8, 4) is 5.75 Å². The molecule has 2 aliphatic rings. The van der Waals surface area contributed by atoms with Crippen molar-refractivity contribution in [1.29, 1.82) is 0 Å². The molecular formula is C21H19F2N5O2. The topological polar surface area (TPSA) is 70.6 Å². The van der Waals surface area contributed by atoms with E-state index in [1.54, 1.807) is 24.1 Å². The van der Waals surface area contributed by atoms with Gasteiger partial charge in [0, 0.05) is 24.4 Å². The summed E-state index contributed by atoms with van der Waals surface area (Å²) in [5.41, 5.74) is 1.98. The standard InChI is InChI=1S/C21H19F2N5O2/c1-30-13-6-7-17-16(10-13)24-18(29)11-28(17)19-14-4-2-3-5-15(14)25-20(26-19)27-9-8-21(22,23)12-27/h2-7,10H,8-9,11-12H2,1H3,(H,24,29). The van der Waals surface area contributed by atoms with Gasteiger partial charge in [-0.3, -0.25) is 4.79 Å². The molecule has 7 nitrogen and oxygen atoms in total. The summed E-state index contributed by atoms with van der Waals surface area (Å²) in [5, 5.41) is 3.59. The smallest absolute Gasteiger partial charge is 0.267 e. The Hall–Kier alpha value is -3.49. The van der Waals surface area contributed by atoms with E-state index in [-0.39, 0.29) is 31.4 Å². The Bertz CT molecular complexity index is 1150. The molecule has 0 bridgehead atoms. The molecule has 0 unspecified atom stereocenters. The number of hydrogen-bond acceptors (Lipinski definition) is 6. The van der Waals surface area contributed by atoms with Crippen LogP contribution < -0.4 is 19.9 Å². The molecule has 3 heterocycles. The molecule has 3 aromatic rings. The number of rotatable bonds is 3. The number of alkyl halides is 2. The molecule has 2 aromatic carbocycles. The van der Waals surface area contributed by atoms with E-state index in [1.165, 1.54) is 4.90 Å². The summed E-state index contributed by atoms with van der Waals surface area (Å²) in [7, 11) is 1.56. The van der Waals surface area contributed by atoms with Gasteiger partial charge in [-0.25, -0.2) is 13.8 Å². The molecule has 30 heavy (non-hydrogen) atoms. The van der Waals surface area contributed by atoms with Crippen molar-refractivity contribution in [2.45, 2.75) is 12.3 Å². The van der Waals surface area contributed by atoms with Gasteiger partial charge in [-0.05, 0) is 24.3 Å². The summed E-state index contributed by atoms with van der Waals surface area (Å²) < 4.78 is 32.9. The number of halogens is 2. The number of hydrogen-bond donors (Lipinski definition) is 1. The first-order valence-corrected chi connectivity index (χ1v) is 9.58. The number of carbonyl (C=O) groups excluding carboxylic acids is 1. The molecule has 0 saturated carbocycles. The van der Waals surface area contributed by atoms with E-state index in [9.17, 15) is 13.6 Å². The zero-order valence-corrected chi connectivity index (χ0v) is 16.2. The van der Waals surface area contributed by atoms with Crippen LogP contribution in [0.2, 0.25) is 0 Å². The number of carbonyl (C=O) groups is 1. The number of anilines is 4. The highest BCUT2D eigenvalue weighted by atomic mass is 19.3. The van der Waals surface area contributed by atoms with E-state index in [4.69, 9.17) is 4.74 Å². The molecule has 1 amide bonds. The lowest BCUT2D eigenvalue weighted by Gasteiger charge is -2.31. The van der Waals surface area contributed by atoms with Crippen LogP contribution in [0.5, 0.6) is 5.75 Å². The Labute approximate surface area is 171 Å². The zero-order chi connectivity index (χ0) is 20.9. The summed E-state index contributed by atoms with van der Waals surface area (Å²) >= 11 is 0. The van der Waals surface area contributed by atoms with Crippen molar-refractivity contribution < 1.29 is 18.3 Å². The highest BCUT2D eigenvalue weighted by Crippen LogP contribution is 2.40. The summed E-state index contributed by atoms with van der Waals surface area (Å²) in [5.74, 6) is -1.60. The van der Waals surface area contributed by atoms with Gasteiger partial charge in [-0.15, -0.1) is 0 Å². The van der Waals surface area contributed by atoms with Gasteiger partial charge in [-0.2, -0.15) is 4.98 Å². The number of ether oxygens (including phenoxy) is 1. The second kappa shape index (κ2) is 6.79. The maximum absolute atomic E-state index is 13.8. The zero-order valence-electron chi connectivity index (χ0n) is 16.2. The Morgan fingerprint density at radius 3 is 2.77 bits per heavy atom. The van der Waals surface area contributed by atoms with Gasteiger partial charge in [0.2, 0.25) is 11.9 Å². The number of benzene rings is 2. The third kappa shape index (κ3) is 3.16. The number of amides is 1. The third-order valence-corrected chi connectivity index (χ3v) is 5.35. The van der Waals surface area contributed by atoms with Gasteiger partial charge in [-0.1, -0.05) is 12.1 Å².